The largest absolute Gasteiger partial charge is 0.414 e. The van der Waals surface area contributed by atoms with Crippen LogP contribution in [0.3, 0.4) is 0 Å². The van der Waals surface area contributed by atoms with E-state index in [0.717, 1.165) is 46.0 Å². The number of quaternary nitrogens is 1. The second-order valence-electron chi connectivity index (χ2n) is 6.84. The molecule has 2 N–H and O–H groups in total. The summed E-state index contributed by atoms with van der Waals surface area (Å²) in [6.45, 7) is 7.99. The van der Waals surface area contributed by atoms with Gasteiger partial charge < -0.3 is 14.6 Å². The lowest BCUT2D eigenvalue weighted by Gasteiger charge is -2.18. The molecule has 0 saturated heterocycles. The molecular weight excluding hydrogens is 372 g/mol. The quantitative estimate of drug-likeness (QED) is 0.580. The highest BCUT2D eigenvalue weighted by Gasteiger charge is 2.19. The van der Waals surface area contributed by atoms with E-state index in [9.17, 15) is 4.79 Å². The molecule has 0 aliphatic carbocycles. The number of para-hydroxylation sites is 1. The van der Waals surface area contributed by atoms with Gasteiger partial charge in [-0.2, -0.15) is 0 Å². The maximum Gasteiger partial charge on any atom is 0.279 e. The number of nitrogens with one attached hydrogen (secondary N) is 2. The average Bonchev–Trinajstić information content (AvgIpc) is 3.35. The fourth-order valence-electron chi connectivity index (χ4n) is 3.24. The number of anilines is 1. The van der Waals surface area contributed by atoms with E-state index >= 15 is 0 Å². The molecule has 148 valence electrons. The molecule has 6 nitrogen and oxygen atoms in total. The molecule has 0 saturated carbocycles. The van der Waals surface area contributed by atoms with Crippen LogP contribution in [0, 0.1) is 6.92 Å². The Morgan fingerprint density at radius 2 is 2.07 bits per heavy atom. The van der Waals surface area contributed by atoms with Crippen LogP contribution in [0.15, 0.2) is 40.1 Å². The Hall–Kier alpha value is -2.51. The molecule has 0 radical (unpaired) electrons. The number of nitrogens with zero attached hydrogens (tertiary/aromatic N) is 2. The highest BCUT2D eigenvalue weighted by atomic mass is 32.1. The standard InChI is InChI=1S/C21H26N4O2S/c1-4-11-25(14-19-23-24-21(27-19)17-10-7-12-28-17)13-18(26)22-20-15(3)8-6-9-16(20)5-2/h6-10,12H,4-5,11,13-14H2,1-3H3,(H,22,26)/p+1. The van der Waals surface area contributed by atoms with Gasteiger partial charge in [-0.1, -0.05) is 38.1 Å². The first kappa shape index (κ1) is 20.2. The number of amides is 1. The van der Waals surface area contributed by atoms with Crippen molar-refractivity contribution in [1.29, 1.82) is 0 Å². The second kappa shape index (κ2) is 9.61. The van der Waals surface area contributed by atoms with Crippen molar-refractivity contribution in [2.24, 2.45) is 0 Å². The van der Waals surface area contributed by atoms with Crippen molar-refractivity contribution >= 4 is 22.9 Å². The summed E-state index contributed by atoms with van der Waals surface area (Å²) < 4.78 is 5.80. The summed E-state index contributed by atoms with van der Waals surface area (Å²) >= 11 is 1.57. The molecule has 28 heavy (non-hydrogen) atoms. The zero-order chi connectivity index (χ0) is 19.9. The van der Waals surface area contributed by atoms with Crippen LogP contribution >= 0.6 is 11.3 Å². The number of hydrogen-bond donors (Lipinski definition) is 2. The van der Waals surface area contributed by atoms with Crippen LogP contribution < -0.4 is 10.2 Å². The Morgan fingerprint density at radius 1 is 1.21 bits per heavy atom. The third-order valence-electron chi connectivity index (χ3n) is 4.62. The lowest BCUT2D eigenvalue weighted by molar-refractivity contribution is -0.907. The summed E-state index contributed by atoms with van der Waals surface area (Å²) in [5, 5.41) is 13.4. The van der Waals surface area contributed by atoms with Gasteiger partial charge in [-0.15, -0.1) is 21.5 Å². The Balaban J connectivity index is 1.65. The van der Waals surface area contributed by atoms with Crippen molar-refractivity contribution in [2.75, 3.05) is 18.4 Å². The molecular formula is C21H27N4O2S+. The molecule has 1 unspecified atom stereocenters. The molecule has 3 aromatic rings. The average molecular weight is 400 g/mol. The van der Waals surface area contributed by atoms with Crippen LogP contribution in [0.4, 0.5) is 5.69 Å². The summed E-state index contributed by atoms with van der Waals surface area (Å²) in [6, 6.07) is 10.0. The minimum atomic E-state index is 0.00504. The van der Waals surface area contributed by atoms with Gasteiger partial charge in [0.2, 0.25) is 0 Å². The van der Waals surface area contributed by atoms with E-state index in [1.165, 1.54) is 0 Å². The van der Waals surface area contributed by atoms with Crippen LogP contribution in [0.25, 0.3) is 10.8 Å². The minimum Gasteiger partial charge on any atom is -0.414 e. The Labute approximate surface area is 169 Å². The van der Waals surface area contributed by atoms with Crippen LogP contribution in [0.1, 0.15) is 37.3 Å². The summed E-state index contributed by atoms with van der Waals surface area (Å²) in [5.74, 6) is 1.10. The van der Waals surface area contributed by atoms with Crippen molar-refractivity contribution in [3.8, 4) is 10.8 Å². The number of carbonyl (C=O) groups excluding carboxylic acids is 1. The molecule has 1 aromatic carbocycles. The number of hydrogen-bond acceptors (Lipinski definition) is 5. The normalized spacial score (nSPS) is 12.1. The summed E-state index contributed by atoms with van der Waals surface area (Å²) in [5.41, 5.74) is 3.17. The number of thiophene rings is 1. The van der Waals surface area contributed by atoms with Crippen LogP contribution in [-0.2, 0) is 17.8 Å². The van der Waals surface area contributed by atoms with E-state index in [-0.39, 0.29) is 5.91 Å². The number of carbonyl (C=O) groups is 1. The van der Waals surface area contributed by atoms with Crippen LogP contribution in [0.2, 0.25) is 0 Å². The second-order valence-corrected chi connectivity index (χ2v) is 7.79. The molecule has 2 aromatic heterocycles. The SMILES string of the molecule is CCC[NH+](CC(=O)Nc1c(C)cccc1CC)Cc1nnc(-c2cccs2)o1. The number of benzene rings is 1. The number of rotatable bonds is 9. The van der Waals surface area contributed by atoms with E-state index in [2.05, 4.69) is 35.4 Å². The third-order valence-corrected chi connectivity index (χ3v) is 5.48. The monoisotopic (exact) mass is 399 g/mol. The smallest absolute Gasteiger partial charge is 0.279 e. The molecule has 1 amide bonds. The van der Waals surface area contributed by atoms with E-state index in [4.69, 9.17) is 4.42 Å². The molecule has 0 aliphatic rings. The first-order chi connectivity index (χ1) is 13.6. The first-order valence-electron chi connectivity index (χ1n) is 9.68. The van der Waals surface area contributed by atoms with Crippen molar-refractivity contribution in [3.63, 3.8) is 0 Å². The Kier molecular flexibility index (Phi) is 6.95. The fraction of sp³-hybridized carbons (Fsp3) is 0.381. The lowest BCUT2D eigenvalue weighted by atomic mass is 10.1. The van der Waals surface area contributed by atoms with Crippen molar-refractivity contribution in [2.45, 2.75) is 40.2 Å². The highest BCUT2D eigenvalue weighted by Crippen LogP contribution is 2.23. The predicted molar refractivity (Wildman–Crippen MR) is 111 cm³/mol. The third kappa shape index (κ3) is 5.05. The molecule has 0 fully saturated rings. The lowest BCUT2D eigenvalue weighted by Crippen LogP contribution is -3.11. The Bertz CT molecular complexity index is 905. The van der Waals surface area contributed by atoms with E-state index in [1.807, 2.05) is 36.6 Å². The summed E-state index contributed by atoms with van der Waals surface area (Å²) in [7, 11) is 0. The van der Waals surface area contributed by atoms with Crippen molar-refractivity contribution in [1.82, 2.24) is 10.2 Å². The zero-order valence-electron chi connectivity index (χ0n) is 16.6. The van der Waals surface area contributed by atoms with Gasteiger partial charge in [0.25, 0.3) is 17.7 Å². The first-order valence-corrected chi connectivity index (χ1v) is 10.6. The predicted octanol–water partition coefficient (Wildman–Crippen LogP) is 3.10. The van der Waals surface area contributed by atoms with E-state index in [0.29, 0.717) is 24.9 Å². The Morgan fingerprint density at radius 3 is 2.79 bits per heavy atom. The maximum absolute atomic E-state index is 12.7. The topological polar surface area (TPSA) is 72.5 Å². The van der Waals surface area contributed by atoms with Gasteiger partial charge in [0.1, 0.15) is 0 Å². The molecule has 0 bridgehead atoms. The zero-order valence-corrected chi connectivity index (χ0v) is 17.4. The van der Waals surface area contributed by atoms with Gasteiger partial charge in [-0.3, -0.25) is 4.79 Å². The molecule has 0 aliphatic heterocycles. The maximum atomic E-state index is 12.7. The van der Waals surface area contributed by atoms with Crippen molar-refractivity contribution in [3.05, 3.63) is 52.7 Å². The molecule has 2 heterocycles. The molecule has 0 spiro atoms. The summed E-state index contributed by atoms with van der Waals surface area (Å²) in [6.07, 6.45) is 1.86. The van der Waals surface area contributed by atoms with Crippen molar-refractivity contribution < 1.29 is 14.1 Å². The minimum absolute atomic E-state index is 0.00504. The van der Waals surface area contributed by atoms with Gasteiger partial charge in [0, 0.05) is 5.69 Å². The van der Waals surface area contributed by atoms with Gasteiger partial charge in [0.15, 0.2) is 13.1 Å². The van der Waals surface area contributed by atoms with E-state index in [1.54, 1.807) is 11.3 Å². The molecule has 3 rings (SSSR count). The number of aromatic nitrogens is 2. The number of aryl methyl sites for hydroxylation is 2. The fourth-order valence-corrected chi connectivity index (χ4v) is 3.89. The summed E-state index contributed by atoms with van der Waals surface area (Å²) in [4.78, 5) is 14.8. The molecule has 1 atom stereocenters. The van der Waals surface area contributed by atoms with Gasteiger partial charge >= 0.3 is 0 Å². The van der Waals surface area contributed by atoms with Gasteiger partial charge in [-0.05, 0) is 42.3 Å². The van der Waals surface area contributed by atoms with Crippen LogP contribution in [0.5, 0.6) is 0 Å². The van der Waals surface area contributed by atoms with Gasteiger partial charge in [0.05, 0.1) is 11.4 Å². The molecule has 7 heteroatoms. The van der Waals surface area contributed by atoms with E-state index < -0.39 is 0 Å². The highest BCUT2D eigenvalue weighted by molar-refractivity contribution is 7.13. The van der Waals surface area contributed by atoms with Crippen LogP contribution in [-0.4, -0.2) is 29.2 Å². The van der Waals surface area contributed by atoms with Gasteiger partial charge in [-0.25, -0.2) is 0 Å².